The quantitative estimate of drug-likeness (QED) is 0.0291. The van der Waals surface area contributed by atoms with Crippen LogP contribution in [-0.4, -0.2) is 39.3 Å². The van der Waals surface area contributed by atoms with E-state index in [1.807, 2.05) is 6.08 Å². The van der Waals surface area contributed by atoms with Crippen LogP contribution in [0.3, 0.4) is 0 Å². The lowest BCUT2D eigenvalue weighted by Gasteiger charge is -2.29. The zero-order valence-electron chi connectivity index (χ0n) is 55.9. The zero-order chi connectivity index (χ0) is 62.5. The molecule has 0 fully saturated rings. The second kappa shape index (κ2) is 33.9. The van der Waals surface area contributed by atoms with Gasteiger partial charge in [-0.25, -0.2) is 0 Å². The molecular formula is C78H109N5O2S2. The summed E-state index contributed by atoms with van der Waals surface area (Å²) in [6.45, 7) is 26.5. The fourth-order valence-corrected chi connectivity index (χ4v) is 15.4. The van der Waals surface area contributed by atoms with Gasteiger partial charge in [-0.1, -0.05) is 254 Å². The molecule has 0 saturated carbocycles. The van der Waals surface area contributed by atoms with Gasteiger partial charge in [0.05, 0.1) is 55.6 Å². The highest BCUT2D eigenvalue weighted by atomic mass is 32.1. The van der Waals surface area contributed by atoms with Crippen LogP contribution in [0.25, 0.3) is 50.4 Å². The van der Waals surface area contributed by atoms with E-state index in [0.29, 0.717) is 47.2 Å². The van der Waals surface area contributed by atoms with Crippen molar-refractivity contribution in [3.8, 4) is 12.1 Å². The number of thiophene rings is 2. The summed E-state index contributed by atoms with van der Waals surface area (Å²) in [7, 11) is 0. The van der Waals surface area contributed by atoms with Gasteiger partial charge in [-0.3, -0.25) is 9.59 Å². The number of carbonyl (C=O) groups is 2. The Kier molecular flexibility index (Phi) is 26.9. The molecule has 5 aromatic rings. The minimum absolute atomic E-state index is 0.0312. The molecule has 470 valence electrons. The first kappa shape index (κ1) is 69.0. The molecule has 2 aromatic carbocycles. The van der Waals surface area contributed by atoms with Gasteiger partial charge in [0.25, 0.3) is 11.8 Å². The molecule has 2 aliphatic heterocycles. The van der Waals surface area contributed by atoms with E-state index in [2.05, 4.69) is 169 Å². The van der Waals surface area contributed by atoms with E-state index in [-0.39, 0.29) is 22.6 Å². The number of aromatic nitrogens is 1. The van der Waals surface area contributed by atoms with Gasteiger partial charge in [-0.05, 0) is 108 Å². The molecule has 5 heterocycles. The van der Waals surface area contributed by atoms with Crippen LogP contribution in [0.2, 0.25) is 0 Å². The lowest BCUT2D eigenvalue weighted by molar-refractivity contribution is -0.124. The van der Waals surface area contributed by atoms with Crippen LogP contribution >= 0.6 is 22.7 Å². The number of allylic oxidation sites excluding steroid dienone is 3. The van der Waals surface area contributed by atoms with Crippen molar-refractivity contribution in [3.63, 3.8) is 0 Å². The number of aryl methyl sites for hydroxylation is 1. The van der Waals surface area contributed by atoms with E-state index in [1.165, 1.54) is 114 Å². The average Bonchev–Trinajstić information content (AvgIpc) is 1.59. The molecular weight excluding hydrogens is 1100 g/mol. The Morgan fingerprint density at radius 2 is 0.897 bits per heavy atom. The average molecular weight is 1210 g/mol. The van der Waals surface area contributed by atoms with Crippen LogP contribution in [0.1, 0.15) is 287 Å². The first-order chi connectivity index (χ1) is 42.0. The SMILES string of the molecule is CCCCCCCCC(CCCCCC)CN1C(=O)C2=C(c3ccc(C(C)(C)C)s3)N(CC(CCCCCC)CCCCCCCC)C(=O)C2=C1c1ccc(/C=C(\C#N)c2ccc3c4ccc(/C(C#N)=C/C(C)(C)C)cc4n(CCCCCC)c3c2)s1. The summed E-state index contributed by atoms with van der Waals surface area (Å²) in [5, 5.41) is 23.7. The summed E-state index contributed by atoms with van der Waals surface area (Å²) in [5.41, 5.74) is 7.69. The highest BCUT2D eigenvalue weighted by molar-refractivity contribution is 7.14. The molecule has 0 saturated heterocycles. The molecule has 0 N–H and O–H groups in total. The Hall–Kier alpha value is -5.48. The third kappa shape index (κ3) is 18.6. The predicted octanol–water partition coefficient (Wildman–Crippen LogP) is 23.3. The monoisotopic (exact) mass is 1210 g/mol. The molecule has 2 unspecified atom stereocenters. The van der Waals surface area contributed by atoms with Crippen LogP contribution in [0.15, 0.2) is 77.9 Å². The van der Waals surface area contributed by atoms with Crippen molar-refractivity contribution < 1.29 is 9.59 Å². The smallest absolute Gasteiger partial charge is 0.261 e. The van der Waals surface area contributed by atoms with E-state index >= 15 is 9.59 Å². The van der Waals surface area contributed by atoms with E-state index in [1.54, 1.807) is 22.7 Å². The van der Waals surface area contributed by atoms with E-state index in [9.17, 15) is 10.5 Å². The van der Waals surface area contributed by atoms with Crippen molar-refractivity contribution in [2.75, 3.05) is 13.1 Å². The number of hydrogen-bond donors (Lipinski definition) is 0. The first-order valence-electron chi connectivity index (χ1n) is 34.6. The van der Waals surface area contributed by atoms with Crippen molar-refractivity contribution in [3.05, 3.63) is 109 Å². The molecule has 0 aliphatic carbocycles. The molecule has 7 rings (SSSR count). The van der Waals surface area contributed by atoms with Gasteiger partial charge < -0.3 is 14.4 Å². The van der Waals surface area contributed by atoms with Gasteiger partial charge in [0, 0.05) is 51.2 Å². The summed E-state index contributed by atoms with van der Waals surface area (Å²) in [5.74, 6) is 0.581. The maximum Gasteiger partial charge on any atom is 0.261 e. The number of nitriles is 2. The molecule has 2 atom stereocenters. The van der Waals surface area contributed by atoms with Gasteiger partial charge in [0.1, 0.15) is 0 Å². The fourth-order valence-electron chi connectivity index (χ4n) is 13.3. The molecule has 87 heavy (non-hydrogen) atoms. The van der Waals surface area contributed by atoms with Crippen LogP contribution in [0.4, 0.5) is 0 Å². The number of unbranched alkanes of at least 4 members (excludes halogenated alkanes) is 19. The number of rotatable bonds is 38. The van der Waals surface area contributed by atoms with Gasteiger partial charge in [0.15, 0.2) is 0 Å². The molecule has 3 aromatic heterocycles. The third-order valence-corrected chi connectivity index (χ3v) is 20.8. The number of benzene rings is 2. The van der Waals surface area contributed by atoms with Gasteiger partial charge >= 0.3 is 0 Å². The lowest BCUT2D eigenvalue weighted by Crippen LogP contribution is -2.34. The second-order valence-corrected chi connectivity index (χ2v) is 30.0. The van der Waals surface area contributed by atoms with E-state index in [0.717, 1.165) is 136 Å². The number of nitrogens with zero attached hydrogens (tertiary/aromatic N) is 5. The topological polar surface area (TPSA) is 93.1 Å². The van der Waals surface area contributed by atoms with Crippen molar-refractivity contribution in [1.82, 2.24) is 14.4 Å². The summed E-state index contributed by atoms with van der Waals surface area (Å²) in [6, 6.07) is 26.6. The van der Waals surface area contributed by atoms with Gasteiger partial charge in [-0.15, -0.1) is 22.7 Å². The number of fused-ring (bicyclic) bond motifs is 4. The first-order valence-corrected chi connectivity index (χ1v) is 36.3. The Labute approximate surface area is 535 Å². The largest absolute Gasteiger partial charge is 0.340 e. The molecule has 9 heteroatoms. The van der Waals surface area contributed by atoms with E-state index < -0.39 is 0 Å². The fraction of sp³-hybridized carbons (Fsp3) is 0.590. The van der Waals surface area contributed by atoms with Gasteiger partial charge in [0.2, 0.25) is 0 Å². The molecule has 0 spiro atoms. The minimum atomic E-state index is -0.150. The van der Waals surface area contributed by atoms with Crippen molar-refractivity contribution in [1.29, 1.82) is 10.5 Å². The Morgan fingerprint density at radius 1 is 0.494 bits per heavy atom. The number of amides is 2. The highest BCUT2D eigenvalue weighted by Crippen LogP contribution is 2.51. The molecule has 0 radical (unpaired) electrons. The van der Waals surface area contributed by atoms with Crippen LogP contribution in [-0.2, 0) is 21.5 Å². The van der Waals surface area contributed by atoms with Crippen molar-refractivity contribution >= 4 is 84.9 Å². The Morgan fingerprint density at radius 3 is 1.32 bits per heavy atom. The van der Waals surface area contributed by atoms with Crippen molar-refractivity contribution in [2.45, 2.75) is 268 Å². The molecule has 2 aliphatic rings. The zero-order valence-corrected chi connectivity index (χ0v) is 57.5. The second-order valence-electron chi connectivity index (χ2n) is 27.8. The summed E-state index contributed by atoms with van der Waals surface area (Å²) in [6.07, 6.45) is 37.2. The Bertz CT molecular complexity index is 3270. The van der Waals surface area contributed by atoms with E-state index in [4.69, 9.17) is 0 Å². The van der Waals surface area contributed by atoms with Crippen LogP contribution in [0, 0.1) is 39.9 Å². The highest BCUT2D eigenvalue weighted by Gasteiger charge is 2.50. The molecule has 7 nitrogen and oxygen atoms in total. The molecule has 0 bridgehead atoms. The van der Waals surface area contributed by atoms with Crippen LogP contribution in [0.5, 0.6) is 0 Å². The van der Waals surface area contributed by atoms with Crippen molar-refractivity contribution in [2.24, 2.45) is 17.3 Å². The predicted molar refractivity (Wildman–Crippen MR) is 375 cm³/mol. The number of carbonyl (C=O) groups excluding carboxylic acids is 2. The maximum absolute atomic E-state index is 16.1. The summed E-state index contributed by atoms with van der Waals surface area (Å²) in [4.78, 5) is 40.3. The summed E-state index contributed by atoms with van der Waals surface area (Å²) >= 11 is 3.34. The van der Waals surface area contributed by atoms with Crippen LogP contribution < -0.4 is 0 Å². The van der Waals surface area contributed by atoms with Gasteiger partial charge in [-0.2, -0.15) is 10.5 Å². The summed E-state index contributed by atoms with van der Waals surface area (Å²) < 4.78 is 2.41. The normalized spacial score (nSPS) is 15.0. The Balaban J connectivity index is 1.35. The molecule has 2 amide bonds. The maximum atomic E-state index is 16.1. The minimum Gasteiger partial charge on any atom is -0.340 e. The number of hydrogen-bond acceptors (Lipinski definition) is 6. The third-order valence-electron chi connectivity index (χ3n) is 18.2. The standard InChI is InChI=1S/C78H109N5O2S2/c1-12-17-22-27-29-33-38-57(36-31-24-19-14-3)55-82-73(71-72(76(82)85)74(69-46-47-70(87-69)78(9,10)11)83(75(71)84)56-58(37-32-25-20-15-4)39-34-30-28-23-18-13-2)68-45-42-63(86-68)49-61(53-79)59-40-43-64-65-44-41-60(62(54-80)52-77(6,7)8)51-67(65)81(66(64)50-59)48-35-26-21-16-5/h40-47,49-52,57-58H,12-39,48,55-56H2,1-11H3/b61-49+,62-52+. The lowest BCUT2D eigenvalue weighted by atomic mass is 9.91.